The van der Waals surface area contributed by atoms with Crippen molar-refractivity contribution in [2.45, 2.75) is 6.43 Å². The number of benzene rings is 1. The summed E-state index contributed by atoms with van der Waals surface area (Å²) in [5, 5.41) is 16.9. The lowest BCUT2D eigenvalue weighted by Crippen LogP contribution is -2.04. The van der Waals surface area contributed by atoms with Crippen LogP contribution in [0.25, 0.3) is 0 Å². The molecule has 0 bridgehead atoms. The van der Waals surface area contributed by atoms with Gasteiger partial charge in [0.15, 0.2) is 0 Å². The Morgan fingerprint density at radius 1 is 1.47 bits per heavy atom. The summed E-state index contributed by atoms with van der Waals surface area (Å²) in [4.78, 5) is 10.4. The number of rotatable bonds is 2. The van der Waals surface area contributed by atoms with E-state index in [1.54, 1.807) is 0 Å². The Morgan fingerprint density at radius 3 is 2.47 bits per heavy atom. The summed E-state index contributed by atoms with van der Waals surface area (Å²) >= 11 is 0. The van der Waals surface area contributed by atoms with Gasteiger partial charge in [0.05, 0.1) is 17.2 Å². The van der Waals surface area contributed by atoms with Gasteiger partial charge in [0.2, 0.25) is 0 Å². The van der Waals surface area contributed by atoms with Crippen LogP contribution >= 0.6 is 0 Å². The fraction of sp³-hybridized carbons (Fsp3) is 0.111. The van der Waals surface area contributed by atoms with Gasteiger partial charge >= 0.3 is 5.97 Å². The Balaban J connectivity index is 3.45. The lowest BCUT2D eigenvalue weighted by atomic mass is 10.0. The predicted molar refractivity (Wildman–Crippen MR) is 43.0 cm³/mol. The van der Waals surface area contributed by atoms with Gasteiger partial charge in [-0.15, -0.1) is 0 Å². The van der Waals surface area contributed by atoms with Crippen LogP contribution in [0.1, 0.15) is 27.9 Å². The first-order valence-corrected chi connectivity index (χ1v) is 3.72. The van der Waals surface area contributed by atoms with Crippen LogP contribution in [0.3, 0.4) is 0 Å². The molecule has 0 unspecified atom stereocenters. The zero-order valence-electron chi connectivity index (χ0n) is 7.17. The highest BCUT2D eigenvalue weighted by Gasteiger charge is 2.19. The van der Waals surface area contributed by atoms with Gasteiger partial charge in [-0.2, -0.15) is 5.26 Å². The van der Waals surface area contributed by atoms with Crippen molar-refractivity contribution in [1.82, 2.24) is 0 Å². The Bertz CT molecular complexity index is 451. The van der Waals surface area contributed by atoms with Crippen molar-refractivity contribution in [2.75, 3.05) is 0 Å². The summed E-state index contributed by atoms with van der Waals surface area (Å²) in [6, 6.07) is 2.34. The van der Waals surface area contributed by atoms with Crippen molar-refractivity contribution in [1.29, 1.82) is 5.26 Å². The van der Waals surface area contributed by atoms with E-state index in [0.29, 0.717) is 12.1 Å². The molecule has 6 heteroatoms. The Morgan fingerprint density at radius 2 is 2.07 bits per heavy atom. The van der Waals surface area contributed by atoms with Crippen LogP contribution in [0.4, 0.5) is 13.2 Å². The lowest BCUT2D eigenvalue weighted by molar-refractivity contribution is 0.0691. The molecule has 0 atom stereocenters. The zero-order chi connectivity index (χ0) is 11.6. The largest absolute Gasteiger partial charge is 0.478 e. The van der Waals surface area contributed by atoms with E-state index in [1.165, 1.54) is 6.07 Å². The summed E-state index contributed by atoms with van der Waals surface area (Å²) in [6.07, 6.45) is -3.02. The Labute approximate surface area is 82.4 Å². The molecule has 0 saturated heterocycles. The number of carbonyl (C=O) groups is 1. The number of halogens is 3. The molecule has 0 spiro atoms. The number of carboxylic acids is 1. The monoisotopic (exact) mass is 215 g/mol. The minimum Gasteiger partial charge on any atom is -0.478 e. The highest BCUT2D eigenvalue weighted by molar-refractivity contribution is 5.88. The quantitative estimate of drug-likeness (QED) is 0.823. The third kappa shape index (κ3) is 2.07. The van der Waals surface area contributed by atoms with Crippen LogP contribution in [0.15, 0.2) is 12.1 Å². The van der Waals surface area contributed by atoms with E-state index in [2.05, 4.69) is 0 Å². The molecule has 0 aliphatic heterocycles. The third-order valence-electron chi connectivity index (χ3n) is 1.73. The van der Waals surface area contributed by atoms with Crippen LogP contribution in [-0.4, -0.2) is 11.1 Å². The molecule has 0 heterocycles. The van der Waals surface area contributed by atoms with Crippen molar-refractivity contribution in [2.24, 2.45) is 0 Å². The number of nitrogens with zero attached hydrogens (tertiary/aromatic N) is 1. The Hall–Kier alpha value is -2.03. The molecule has 0 amide bonds. The minimum absolute atomic E-state index is 0.473. The first kappa shape index (κ1) is 11.0. The SMILES string of the molecule is N#Cc1cc(F)c(C(=O)O)cc1C(F)F. The maximum Gasteiger partial charge on any atom is 0.338 e. The second-order valence-electron chi connectivity index (χ2n) is 2.64. The van der Waals surface area contributed by atoms with Gasteiger partial charge in [-0.25, -0.2) is 18.0 Å². The van der Waals surface area contributed by atoms with Crippen molar-refractivity contribution in [3.05, 3.63) is 34.6 Å². The van der Waals surface area contributed by atoms with Gasteiger partial charge in [0.1, 0.15) is 5.82 Å². The van der Waals surface area contributed by atoms with Gasteiger partial charge < -0.3 is 5.11 Å². The second-order valence-corrected chi connectivity index (χ2v) is 2.64. The molecule has 0 radical (unpaired) electrons. The number of hydrogen-bond donors (Lipinski definition) is 1. The first-order valence-electron chi connectivity index (χ1n) is 3.72. The maximum absolute atomic E-state index is 13.0. The molecule has 1 aromatic carbocycles. The van der Waals surface area contributed by atoms with Crippen LogP contribution in [-0.2, 0) is 0 Å². The summed E-state index contributed by atoms with van der Waals surface area (Å²) in [7, 11) is 0. The molecule has 1 N–H and O–H groups in total. The molecular weight excluding hydrogens is 211 g/mol. The van der Waals surface area contributed by atoms with Gasteiger partial charge in [0, 0.05) is 5.56 Å². The number of alkyl halides is 2. The van der Waals surface area contributed by atoms with E-state index in [1.807, 2.05) is 0 Å². The van der Waals surface area contributed by atoms with Crippen molar-refractivity contribution < 1.29 is 23.1 Å². The molecule has 0 fully saturated rings. The van der Waals surface area contributed by atoms with Gasteiger partial charge in [-0.3, -0.25) is 0 Å². The molecule has 0 saturated carbocycles. The summed E-state index contributed by atoms with van der Waals surface area (Å²) < 4.78 is 37.6. The normalized spacial score (nSPS) is 10.1. The summed E-state index contributed by atoms with van der Waals surface area (Å²) in [6.45, 7) is 0. The number of nitriles is 1. The predicted octanol–water partition coefficient (Wildman–Crippen LogP) is 2.33. The highest BCUT2D eigenvalue weighted by Crippen LogP contribution is 2.25. The molecule has 1 aromatic rings. The van der Waals surface area contributed by atoms with Gasteiger partial charge in [0.25, 0.3) is 6.43 Å². The fourth-order valence-electron chi connectivity index (χ4n) is 1.03. The first-order chi connectivity index (χ1) is 6.97. The summed E-state index contributed by atoms with van der Waals surface area (Å²) in [5.41, 5.74) is -2.21. The maximum atomic E-state index is 13.0. The average Bonchev–Trinajstić information content (AvgIpc) is 2.16. The number of hydrogen-bond acceptors (Lipinski definition) is 2. The summed E-state index contributed by atoms with van der Waals surface area (Å²) in [5.74, 6) is -2.86. The van der Waals surface area contributed by atoms with Gasteiger partial charge in [-0.1, -0.05) is 0 Å². The van der Waals surface area contributed by atoms with Crippen molar-refractivity contribution in [3.63, 3.8) is 0 Å². The fourth-order valence-corrected chi connectivity index (χ4v) is 1.03. The van der Waals surface area contributed by atoms with Crippen LogP contribution in [0.5, 0.6) is 0 Å². The number of carboxylic acid groups (broad SMARTS) is 1. The van der Waals surface area contributed by atoms with E-state index in [0.717, 1.165) is 0 Å². The lowest BCUT2D eigenvalue weighted by Gasteiger charge is -2.04. The van der Waals surface area contributed by atoms with E-state index < -0.39 is 34.9 Å². The van der Waals surface area contributed by atoms with Crippen molar-refractivity contribution >= 4 is 5.97 Å². The number of aromatic carboxylic acids is 1. The topological polar surface area (TPSA) is 61.1 Å². The second kappa shape index (κ2) is 4.00. The molecule has 15 heavy (non-hydrogen) atoms. The molecule has 0 aliphatic carbocycles. The zero-order valence-corrected chi connectivity index (χ0v) is 7.17. The van der Waals surface area contributed by atoms with E-state index in [4.69, 9.17) is 10.4 Å². The van der Waals surface area contributed by atoms with Crippen LogP contribution in [0.2, 0.25) is 0 Å². The average molecular weight is 215 g/mol. The molecule has 0 aliphatic rings. The van der Waals surface area contributed by atoms with Crippen LogP contribution < -0.4 is 0 Å². The molecule has 78 valence electrons. The van der Waals surface area contributed by atoms with E-state index in [-0.39, 0.29) is 0 Å². The third-order valence-corrected chi connectivity index (χ3v) is 1.73. The molecule has 3 nitrogen and oxygen atoms in total. The van der Waals surface area contributed by atoms with Crippen molar-refractivity contribution in [3.8, 4) is 6.07 Å². The van der Waals surface area contributed by atoms with Gasteiger partial charge in [-0.05, 0) is 12.1 Å². The smallest absolute Gasteiger partial charge is 0.338 e. The Kier molecular flexibility index (Phi) is 2.95. The molecular formula is C9H4F3NO2. The highest BCUT2D eigenvalue weighted by atomic mass is 19.3. The van der Waals surface area contributed by atoms with Crippen LogP contribution in [0, 0.1) is 17.1 Å². The van der Waals surface area contributed by atoms with E-state index in [9.17, 15) is 18.0 Å². The standard InChI is InChI=1S/C9H4F3NO2/c10-7-1-4(3-13)5(8(11)12)2-6(7)9(14)15/h1-2,8H,(H,14,15). The van der Waals surface area contributed by atoms with E-state index >= 15 is 0 Å². The minimum atomic E-state index is -3.02. The molecule has 1 rings (SSSR count). The molecule has 0 aromatic heterocycles.